The lowest BCUT2D eigenvalue weighted by molar-refractivity contribution is 0.249. The summed E-state index contributed by atoms with van der Waals surface area (Å²) in [5, 5.41) is 8.81. The number of amides is 2. The first kappa shape index (κ1) is 15.4. The fourth-order valence-electron chi connectivity index (χ4n) is 1.83. The first-order valence-corrected chi connectivity index (χ1v) is 7.36. The van der Waals surface area contributed by atoms with Gasteiger partial charge in [0.2, 0.25) is 0 Å². The molecule has 2 amide bonds. The third-order valence-electron chi connectivity index (χ3n) is 3.19. The Balaban J connectivity index is 1.97. The van der Waals surface area contributed by atoms with Crippen LogP contribution in [0, 0.1) is 11.6 Å². The van der Waals surface area contributed by atoms with Crippen LogP contribution in [0.2, 0.25) is 0 Å². The zero-order valence-corrected chi connectivity index (χ0v) is 12.6. The van der Waals surface area contributed by atoms with Gasteiger partial charge in [-0.05, 0) is 34.5 Å². The van der Waals surface area contributed by atoms with Crippen LogP contribution in [0.25, 0.3) is 0 Å². The zero-order chi connectivity index (χ0) is 15.5. The van der Waals surface area contributed by atoms with Crippen molar-refractivity contribution in [2.45, 2.75) is 19.3 Å². The monoisotopic (exact) mass is 310 g/mol. The predicted octanol–water partition coefficient (Wildman–Crippen LogP) is 4.13. The molecule has 1 aromatic heterocycles. The number of thiophene rings is 1. The predicted molar refractivity (Wildman–Crippen MR) is 80.7 cm³/mol. The van der Waals surface area contributed by atoms with Crippen LogP contribution in [0.1, 0.15) is 19.4 Å². The fraction of sp³-hybridized carbons (Fsp3) is 0.267. The summed E-state index contributed by atoms with van der Waals surface area (Å²) in [5.41, 5.74) is 0.402. The van der Waals surface area contributed by atoms with E-state index in [2.05, 4.69) is 10.6 Å². The Hall–Kier alpha value is -1.95. The van der Waals surface area contributed by atoms with Crippen LogP contribution < -0.4 is 10.6 Å². The third kappa shape index (κ3) is 3.78. The summed E-state index contributed by atoms with van der Waals surface area (Å²) in [5.74, 6) is -1.61. The van der Waals surface area contributed by atoms with Crippen molar-refractivity contribution >= 4 is 23.1 Å². The maximum absolute atomic E-state index is 13.4. The number of urea groups is 1. The van der Waals surface area contributed by atoms with Gasteiger partial charge < -0.3 is 10.6 Å². The van der Waals surface area contributed by atoms with E-state index in [1.165, 1.54) is 6.07 Å². The van der Waals surface area contributed by atoms with Gasteiger partial charge in [-0.2, -0.15) is 11.3 Å². The highest BCUT2D eigenvalue weighted by Crippen LogP contribution is 2.24. The lowest BCUT2D eigenvalue weighted by atomic mass is 9.87. The van der Waals surface area contributed by atoms with Crippen molar-refractivity contribution in [1.82, 2.24) is 5.32 Å². The van der Waals surface area contributed by atoms with Crippen LogP contribution in [0.5, 0.6) is 0 Å². The normalized spacial score (nSPS) is 11.2. The van der Waals surface area contributed by atoms with E-state index in [0.717, 1.165) is 17.7 Å². The maximum atomic E-state index is 13.4. The summed E-state index contributed by atoms with van der Waals surface area (Å²) in [4.78, 5) is 11.8. The maximum Gasteiger partial charge on any atom is 0.319 e. The molecule has 2 aromatic rings. The van der Waals surface area contributed by atoms with Gasteiger partial charge in [0, 0.05) is 12.0 Å². The van der Waals surface area contributed by atoms with Gasteiger partial charge in [0.1, 0.15) is 17.3 Å². The van der Waals surface area contributed by atoms with Crippen molar-refractivity contribution in [3.05, 3.63) is 52.2 Å². The Bertz CT molecular complexity index is 606. The minimum Gasteiger partial charge on any atom is -0.337 e. The molecule has 0 aliphatic carbocycles. The Labute approximate surface area is 126 Å². The number of hydrogen-bond acceptors (Lipinski definition) is 2. The molecular weight excluding hydrogens is 294 g/mol. The topological polar surface area (TPSA) is 41.1 Å². The molecule has 1 heterocycles. The standard InChI is InChI=1S/C15H16F2N2OS/c1-15(2,10-6-7-21-8-10)9-18-14(20)19-13-11(16)4-3-5-12(13)17/h3-8H,9H2,1-2H3,(H2,18,19,20). The average Bonchev–Trinajstić information content (AvgIpc) is 2.96. The van der Waals surface area contributed by atoms with E-state index in [1.54, 1.807) is 11.3 Å². The molecule has 0 aliphatic heterocycles. The van der Waals surface area contributed by atoms with Crippen LogP contribution in [0.3, 0.4) is 0 Å². The molecule has 0 bridgehead atoms. The van der Waals surface area contributed by atoms with Gasteiger partial charge >= 0.3 is 6.03 Å². The quantitative estimate of drug-likeness (QED) is 0.876. The van der Waals surface area contributed by atoms with Gasteiger partial charge in [0.05, 0.1) is 0 Å². The van der Waals surface area contributed by atoms with Gasteiger partial charge in [-0.15, -0.1) is 0 Å². The van der Waals surface area contributed by atoms with E-state index in [9.17, 15) is 13.6 Å². The second-order valence-electron chi connectivity index (χ2n) is 5.30. The molecule has 0 radical (unpaired) electrons. The fourth-order valence-corrected chi connectivity index (χ4v) is 2.68. The van der Waals surface area contributed by atoms with Crippen LogP contribution in [-0.2, 0) is 5.41 Å². The summed E-state index contributed by atoms with van der Waals surface area (Å²) in [6, 6.07) is 4.78. The van der Waals surface area contributed by atoms with Crippen molar-refractivity contribution in [1.29, 1.82) is 0 Å². The number of carbonyl (C=O) groups excluding carboxylic acids is 1. The first-order chi connectivity index (χ1) is 9.90. The van der Waals surface area contributed by atoms with E-state index in [-0.39, 0.29) is 5.41 Å². The number of nitrogens with one attached hydrogen (secondary N) is 2. The molecule has 6 heteroatoms. The molecule has 2 rings (SSSR count). The summed E-state index contributed by atoms with van der Waals surface area (Å²) >= 11 is 1.58. The molecule has 0 fully saturated rings. The van der Waals surface area contributed by atoms with Gasteiger partial charge in [0.15, 0.2) is 0 Å². The highest BCUT2D eigenvalue weighted by molar-refractivity contribution is 7.08. The van der Waals surface area contributed by atoms with Crippen molar-refractivity contribution in [3.63, 3.8) is 0 Å². The Kier molecular flexibility index (Phi) is 4.57. The number of hydrogen-bond donors (Lipinski definition) is 2. The van der Waals surface area contributed by atoms with Crippen molar-refractivity contribution in [3.8, 4) is 0 Å². The molecule has 1 aromatic carbocycles. The van der Waals surface area contributed by atoms with Gasteiger partial charge in [-0.1, -0.05) is 19.9 Å². The smallest absolute Gasteiger partial charge is 0.319 e. The summed E-state index contributed by atoms with van der Waals surface area (Å²) in [7, 11) is 0. The average molecular weight is 310 g/mol. The first-order valence-electron chi connectivity index (χ1n) is 6.42. The number of anilines is 1. The molecule has 0 unspecified atom stereocenters. The zero-order valence-electron chi connectivity index (χ0n) is 11.7. The number of para-hydroxylation sites is 1. The number of halogens is 2. The van der Waals surface area contributed by atoms with Crippen LogP contribution >= 0.6 is 11.3 Å². The van der Waals surface area contributed by atoms with Crippen molar-refractivity contribution in [2.75, 3.05) is 11.9 Å². The van der Waals surface area contributed by atoms with Crippen LogP contribution in [-0.4, -0.2) is 12.6 Å². The minimum atomic E-state index is -0.803. The number of rotatable bonds is 4. The summed E-state index contributed by atoms with van der Waals surface area (Å²) in [6.07, 6.45) is 0. The van der Waals surface area contributed by atoms with E-state index >= 15 is 0 Å². The van der Waals surface area contributed by atoms with Crippen molar-refractivity contribution < 1.29 is 13.6 Å². The molecule has 0 saturated heterocycles. The Morgan fingerprint density at radius 1 is 1.24 bits per heavy atom. The van der Waals surface area contributed by atoms with E-state index < -0.39 is 23.4 Å². The third-order valence-corrected chi connectivity index (χ3v) is 3.88. The Morgan fingerprint density at radius 2 is 1.90 bits per heavy atom. The molecule has 0 spiro atoms. The van der Waals surface area contributed by atoms with E-state index in [1.807, 2.05) is 30.7 Å². The summed E-state index contributed by atoms with van der Waals surface area (Å²) in [6.45, 7) is 4.32. The van der Waals surface area contributed by atoms with Crippen LogP contribution in [0.15, 0.2) is 35.0 Å². The lowest BCUT2D eigenvalue weighted by Gasteiger charge is -2.24. The molecule has 2 N–H and O–H groups in total. The molecule has 112 valence electrons. The largest absolute Gasteiger partial charge is 0.337 e. The Morgan fingerprint density at radius 3 is 2.48 bits per heavy atom. The van der Waals surface area contributed by atoms with Gasteiger partial charge in [-0.3, -0.25) is 0 Å². The van der Waals surface area contributed by atoms with Crippen molar-refractivity contribution in [2.24, 2.45) is 0 Å². The van der Waals surface area contributed by atoms with E-state index in [0.29, 0.717) is 6.54 Å². The second-order valence-corrected chi connectivity index (χ2v) is 6.08. The molecule has 3 nitrogen and oxygen atoms in total. The lowest BCUT2D eigenvalue weighted by Crippen LogP contribution is -2.39. The van der Waals surface area contributed by atoms with E-state index in [4.69, 9.17) is 0 Å². The van der Waals surface area contributed by atoms with Gasteiger partial charge in [-0.25, -0.2) is 13.6 Å². The highest BCUT2D eigenvalue weighted by atomic mass is 32.1. The van der Waals surface area contributed by atoms with Crippen LogP contribution in [0.4, 0.5) is 19.3 Å². The number of benzene rings is 1. The molecule has 0 saturated carbocycles. The molecule has 0 atom stereocenters. The SMILES string of the molecule is CC(C)(CNC(=O)Nc1c(F)cccc1F)c1ccsc1. The molecule has 0 aliphatic rings. The second kappa shape index (κ2) is 6.22. The molecule has 21 heavy (non-hydrogen) atoms. The number of carbonyl (C=O) groups is 1. The van der Waals surface area contributed by atoms with Gasteiger partial charge in [0.25, 0.3) is 0 Å². The minimum absolute atomic E-state index is 0.259. The molecular formula is C15H16F2N2OS. The summed E-state index contributed by atoms with van der Waals surface area (Å²) < 4.78 is 26.9. The highest BCUT2D eigenvalue weighted by Gasteiger charge is 2.22.